The van der Waals surface area contributed by atoms with Crippen molar-refractivity contribution in [3.8, 4) is 0 Å². The van der Waals surface area contributed by atoms with E-state index >= 15 is 0 Å². The number of carbonyl (C=O) groups excluding carboxylic acids is 2. The Hall–Kier alpha value is -2.80. The van der Waals surface area contributed by atoms with E-state index in [1.165, 1.54) is 0 Å². The van der Waals surface area contributed by atoms with E-state index in [-0.39, 0.29) is 24.2 Å². The molecule has 1 saturated heterocycles. The highest BCUT2D eigenvalue weighted by atomic mass is 32.1. The van der Waals surface area contributed by atoms with Gasteiger partial charge in [-0.2, -0.15) is 0 Å². The number of anilines is 1. The molecule has 4 rings (SSSR count). The largest absolute Gasteiger partial charge is 0.338 e. The van der Waals surface area contributed by atoms with Crippen LogP contribution in [0.5, 0.6) is 0 Å². The van der Waals surface area contributed by atoms with Crippen molar-refractivity contribution in [1.82, 2.24) is 14.9 Å². The average molecular weight is 352 g/mol. The number of thiazole rings is 1. The third-order valence-electron chi connectivity index (χ3n) is 4.31. The number of nitrogens with zero attached hydrogens (tertiary/aromatic N) is 3. The lowest BCUT2D eigenvalue weighted by molar-refractivity contribution is -0.128. The zero-order chi connectivity index (χ0) is 17.2. The van der Waals surface area contributed by atoms with E-state index in [1.54, 1.807) is 34.1 Å². The van der Waals surface area contributed by atoms with Gasteiger partial charge in [0.25, 0.3) is 0 Å². The van der Waals surface area contributed by atoms with Crippen LogP contribution in [0.2, 0.25) is 0 Å². The van der Waals surface area contributed by atoms with Crippen molar-refractivity contribution in [1.29, 1.82) is 0 Å². The van der Waals surface area contributed by atoms with Gasteiger partial charge in [0.2, 0.25) is 11.8 Å². The summed E-state index contributed by atoms with van der Waals surface area (Å²) in [6.45, 7) is 0.946. The van der Waals surface area contributed by atoms with Crippen molar-refractivity contribution in [3.63, 3.8) is 0 Å². The molecule has 25 heavy (non-hydrogen) atoms. The second-order valence-corrected chi connectivity index (χ2v) is 6.94. The van der Waals surface area contributed by atoms with Crippen molar-refractivity contribution >= 4 is 39.1 Å². The molecule has 126 valence electrons. The Bertz CT molecular complexity index is 925. The Labute approximate surface area is 148 Å². The zero-order valence-electron chi connectivity index (χ0n) is 13.4. The van der Waals surface area contributed by atoms with Gasteiger partial charge in [0, 0.05) is 37.6 Å². The number of carbonyl (C=O) groups is 2. The fourth-order valence-corrected chi connectivity index (χ4v) is 3.65. The molecular formula is C18H16N4O2S. The van der Waals surface area contributed by atoms with Gasteiger partial charge in [0.1, 0.15) is 0 Å². The molecule has 0 saturated carbocycles. The van der Waals surface area contributed by atoms with Crippen LogP contribution in [0, 0.1) is 5.92 Å². The third kappa shape index (κ3) is 3.36. The topological polar surface area (TPSA) is 75.2 Å². The zero-order valence-corrected chi connectivity index (χ0v) is 14.2. The summed E-state index contributed by atoms with van der Waals surface area (Å²) in [6.07, 6.45) is 3.65. The summed E-state index contributed by atoms with van der Waals surface area (Å²) < 4.78 is 1.08. The number of aromatic nitrogens is 2. The van der Waals surface area contributed by atoms with Gasteiger partial charge < -0.3 is 10.2 Å². The van der Waals surface area contributed by atoms with Crippen LogP contribution in [0.1, 0.15) is 12.0 Å². The normalized spacial score (nSPS) is 17.2. The minimum atomic E-state index is -0.333. The first kappa shape index (κ1) is 15.7. The molecule has 7 heteroatoms. The highest BCUT2D eigenvalue weighted by Gasteiger charge is 2.34. The summed E-state index contributed by atoms with van der Waals surface area (Å²) in [5.41, 5.74) is 4.37. The molecule has 1 unspecified atom stereocenters. The maximum absolute atomic E-state index is 12.5. The van der Waals surface area contributed by atoms with E-state index in [9.17, 15) is 9.59 Å². The van der Waals surface area contributed by atoms with Crippen LogP contribution in [0.15, 0.2) is 48.2 Å². The van der Waals surface area contributed by atoms with E-state index in [1.807, 2.05) is 30.3 Å². The number of likely N-dealkylation sites (tertiary alicyclic amines) is 1. The first-order chi connectivity index (χ1) is 12.2. The number of benzene rings is 1. The molecular weight excluding hydrogens is 336 g/mol. The molecule has 1 aromatic carbocycles. The summed E-state index contributed by atoms with van der Waals surface area (Å²) in [5, 5.41) is 2.91. The number of hydrogen-bond acceptors (Lipinski definition) is 5. The summed E-state index contributed by atoms with van der Waals surface area (Å²) >= 11 is 1.56. The molecule has 1 aliphatic heterocycles. The summed E-state index contributed by atoms with van der Waals surface area (Å²) in [7, 11) is 0. The number of rotatable bonds is 4. The fourth-order valence-electron chi connectivity index (χ4n) is 2.99. The van der Waals surface area contributed by atoms with Crippen molar-refractivity contribution in [2.45, 2.75) is 13.0 Å². The molecule has 0 radical (unpaired) electrons. The fraction of sp³-hybridized carbons (Fsp3) is 0.222. The molecule has 1 fully saturated rings. The number of amides is 2. The number of fused-ring (bicyclic) bond motifs is 1. The lowest BCUT2D eigenvalue weighted by Gasteiger charge is -2.16. The molecule has 1 N–H and O–H groups in total. The van der Waals surface area contributed by atoms with Crippen LogP contribution in [0.25, 0.3) is 10.2 Å². The van der Waals surface area contributed by atoms with Gasteiger partial charge in [-0.05, 0) is 35.9 Å². The van der Waals surface area contributed by atoms with Crippen molar-refractivity contribution in [2.24, 2.45) is 5.92 Å². The second-order valence-electron chi connectivity index (χ2n) is 6.05. The molecule has 6 nitrogen and oxygen atoms in total. The van der Waals surface area contributed by atoms with Gasteiger partial charge in [0.05, 0.1) is 21.6 Å². The number of pyridine rings is 1. The third-order valence-corrected chi connectivity index (χ3v) is 5.12. The van der Waals surface area contributed by atoms with Gasteiger partial charge in [-0.15, -0.1) is 11.3 Å². The van der Waals surface area contributed by atoms with E-state index < -0.39 is 0 Å². The summed E-state index contributed by atoms with van der Waals surface area (Å²) in [4.78, 5) is 34.7. The predicted octanol–water partition coefficient (Wildman–Crippen LogP) is 2.68. The Morgan fingerprint density at radius 3 is 2.96 bits per heavy atom. The molecule has 2 amide bonds. The highest BCUT2D eigenvalue weighted by molar-refractivity contribution is 7.16. The van der Waals surface area contributed by atoms with Crippen molar-refractivity contribution < 1.29 is 9.59 Å². The Kier molecular flexibility index (Phi) is 4.15. The van der Waals surface area contributed by atoms with Crippen LogP contribution in [0.4, 0.5) is 5.69 Å². The first-order valence-electron chi connectivity index (χ1n) is 8.00. The molecule has 1 atom stereocenters. The molecule has 3 aromatic rings. The lowest BCUT2D eigenvalue weighted by atomic mass is 10.1. The van der Waals surface area contributed by atoms with Gasteiger partial charge in [-0.25, -0.2) is 4.98 Å². The molecule has 3 heterocycles. The lowest BCUT2D eigenvalue weighted by Crippen LogP contribution is -2.28. The minimum Gasteiger partial charge on any atom is -0.338 e. The number of hydrogen-bond donors (Lipinski definition) is 1. The van der Waals surface area contributed by atoms with E-state index in [2.05, 4.69) is 15.3 Å². The molecule has 1 aliphatic rings. The van der Waals surface area contributed by atoms with Crippen molar-refractivity contribution in [3.05, 3.63) is 53.8 Å². The van der Waals surface area contributed by atoms with Crippen LogP contribution < -0.4 is 5.32 Å². The highest BCUT2D eigenvalue weighted by Crippen LogP contribution is 2.24. The SMILES string of the molecule is O=C(Nc1ccc2scnc2c1)C1CC(=O)N(Cc2ccncc2)C1. The van der Waals surface area contributed by atoms with Gasteiger partial charge in [-0.1, -0.05) is 0 Å². The maximum Gasteiger partial charge on any atom is 0.229 e. The Balaban J connectivity index is 1.41. The van der Waals surface area contributed by atoms with Crippen LogP contribution in [0.3, 0.4) is 0 Å². The van der Waals surface area contributed by atoms with Gasteiger partial charge >= 0.3 is 0 Å². The van der Waals surface area contributed by atoms with E-state index in [0.717, 1.165) is 15.8 Å². The Morgan fingerprint density at radius 2 is 2.12 bits per heavy atom. The standard InChI is InChI=1S/C18H16N4O2S/c23-17-7-13(10-22(17)9-12-3-5-19-6-4-12)18(24)21-14-1-2-16-15(8-14)20-11-25-16/h1-6,8,11,13H,7,9-10H2,(H,21,24). The summed E-state index contributed by atoms with van der Waals surface area (Å²) in [5.74, 6) is -0.451. The van der Waals surface area contributed by atoms with E-state index in [4.69, 9.17) is 0 Å². The van der Waals surface area contributed by atoms with Gasteiger partial charge in [0.15, 0.2) is 0 Å². The smallest absolute Gasteiger partial charge is 0.229 e. The first-order valence-corrected chi connectivity index (χ1v) is 8.88. The van der Waals surface area contributed by atoms with Crippen LogP contribution in [-0.4, -0.2) is 33.2 Å². The predicted molar refractivity (Wildman–Crippen MR) is 96.0 cm³/mol. The molecule has 0 aliphatic carbocycles. The summed E-state index contributed by atoms with van der Waals surface area (Å²) in [6, 6.07) is 9.42. The van der Waals surface area contributed by atoms with Crippen LogP contribution >= 0.6 is 11.3 Å². The minimum absolute atomic E-state index is 0.00640. The Morgan fingerprint density at radius 1 is 1.28 bits per heavy atom. The molecule has 0 spiro atoms. The maximum atomic E-state index is 12.5. The number of nitrogens with one attached hydrogen (secondary N) is 1. The van der Waals surface area contributed by atoms with Gasteiger partial charge in [-0.3, -0.25) is 14.6 Å². The second kappa shape index (κ2) is 6.60. The monoisotopic (exact) mass is 352 g/mol. The van der Waals surface area contributed by atoms with E-state index in [0.29, 0.717) is 18.8 Å². The van der Waals surface area contributed by atoms with Crippen molar-refractivity contribution in [2.75, 3.05) is 11.9 Å². The average Bonchev–Trinajstić information content (AvgIpc) is 3.22. The quantitative estimate of drug-likeness (QED) is 0.783. The molecule has 2 aromatic heterocycles. The molecule has 0 bridgehead atoms. The van der Waals surface area contributed by atoms with Crippen LogP contribution in [-0.2, 0) is 16.1 Å².